The molecule has 120 valence electrons. The Bertz CT molecular complexity index is 766. The minimum Gasteiger partial charge on any atom is -0.343 e. The molecule has 0 saturated carbocycles. The summed E-state index contributed by atoms with van der Waals surface area (Å²) in [4.78, 5) is 23.6. The van der Waals surface area contributed by atoms with Gasteiger partial charge in [0, 0.05) is 16.3 Å². The summed E-state index contributed by atoms with van der Waals surface area (Å²) in [5.41, 5.74) is 1.28. The van der Waals surface area contributed by atoms with E-state index in [0.717, 1.165) is 23.8 Å². The van der Waals surface area contributed by atoms with Crippen molar-refractivity contribution >= 4 is 29.1 Å². The number of anilines is 1. The Kier molecular flexibility index (Phi) is 5.28. The summed E-state index contributed by atoms with van der Waals surface area (Å²) in [6.07, 6.45) is 0. The maximum atomic E-state index is 13.1. The Balaban J connectivity index is 1.93. The van der Waals surface area contributed by atoms with E-state index in [0.29, 0.717) is 10.7 Å². The molecule has 0 aliphatic rings. The zero-order valence-corrected chi connectivity index (χ0v) is 12.9. The molecule has 0 aliphatic heterocycles. The monoisotopic (exact) mass is 338 g/mol. The Hall–Kier alpha value is -2.47. The van der Waals surface area contributed by atoms with Gasteiger partial charge < -0.3 is 10.6 Å². The molecular weight excluding hydrogens is 326 g/mol. The molecular formula is C16H13ClF2N2O2. The van der Waals surface area contributed by atoms with E-state index in [2.05, 4.69) is 10.6 Å². The van der Waals surface area contributed by atoms with Gasteiger partial charge in [-0.2, -0.15) is 0 Å². The molecule has 7 heteroatoms. The number of halogens is 3. The Morgan fingerprint density at radius 1 is 1.09 bits per heavy atom. The second-order valence-electron chi connectivity index (χ2n) is 4.82. The third-order valence-corrected chi connectivity index (χ3v) is 3.29. The molecule has 0 aliphatic carbocycles. The summed E-state index contributed by atoms with van der Waals surface area (Å²) in [6, 6.07) is 7.72. The largest absolute Gasteiger partial charge is 0.343 e. The number of aryl methyl sites for hydroxylation is 1. The number of rotatable bonds is 4. The number of amides is 2. The molecule has 4 nitrogen and oxygen atoms in total. The van der Waals surface area contributed by atoms with Crippen LogP contribution in [-0.2, 0) is 4.79 Å². The van der Waals surface area contributed by atoms with E-state index < -0.39 is 23.4 Å². The van der Waals surface area contributed by atoms with E-state index in [1.807, 2.05) is 0 Å². The number of nitrogens with one attached hydrogen (secondary N) is 2. The first-order valence-corrected chi connectivity index (χ1v) is 7.04. The van der Waals surface area contributed by atoms with Crippen molar-refractivity contribution in [1.29, 1.82) is 0 Å². The van der Waals surface area contributed by atoms with Crippen LogP contribution in [0.3, 0.4) is 0 Å². The van der Waals surface area contributed by atoms with E-state index in [1.165, 1.54) is 0 Å². The minimum absolute atomic E-state index is 0.0700. The summed E-state index contributed by atoms with van der Waals surface area (Å²) >= 11 is 5.82. The Labute approximate surface area is 136 Å². The fraction of sp³-hybridized carbons (Fsp3) is 0.125. The number of hydrogen-bond acceptors (Lipinski definition) is 2. The van der Waals surface area contributed by atoms with Gasteiger partial charge in [0.2, 0.25) is 5.91 Å². The van der Waals surface area contributed by atoms with Crippen molar-refractivity contribution in [2.75, 3.05) is 11.9 Å². The highest BCUT2D eigenvalue weighted by Crippen LogP contribution is 2.19. The number of carbonyl (C=O) groups excluding carboxylic acids is 2. The normalized spacial score (nSPS) is 10.3. The van der Waals surface area contributed by atoms with Gasteiger partial charge in [0.05, 0.1) is 6.54 Å². The van der Waals surface area contributed by atoms with E-state index in [9.17, 15) is 18.4 Å². The predicted molar refractivity (Wildman–Crippen MR) is 83.5 cm³/mol. The standard InChI is InChI=1S/C16H13ClF2N2O2/c1-9-6-11(17)3-5-14(9)21-15(22)8-20-16(23)10-2-4-12(18)13(19)7-10/h2-7H,8H2,1H3,(H,20,23)(H,21,22). The molecule has 2 rings (SSSR count). The van der Waals surface area contributed by atoms with Crippen molar-refractivity contribution in [2.24, 2.45) is 0 Å². The van der Waals surface area contributed by atoms with Gasteiger partial charge in [-0.15, -0.1) is 0 Å². The first-order chi connectivity index (χ1) is 10.9. The zero-order chi connectivity index (χ0) is 17.0. The molecule has 2 aromatic carbocycles. The summed E-state index contributed by atoms with van der Waals surface area (Å²) in [5.74, 6) is -3.30. The Morgan fingerprint density at radius 2 is 1.83 bits per heavy atom. The minimum atomic E-state index is -1.13. The second-order valence-corrected chi connectivity index (χ2v) is 5.26. The van der Waals surface area contributed by atoms with Gasteiger partial charge in [-0.3, -0.25) is 9.59 Å². The molecule has 0 spiro atoms. The molecule has 0 radical (unpaired) electrons. The number of carbonyl (C=O) groups is 2. The molecule has 2 amide bonds. The molecule has 23 heavy (non-hydrogen) atoms. The van der Waals surface area contributed by atoms with Crippen molar-refractivity contribution in [3.8, 4) is 0 Å². The lowest BCUT2D eigenvalue weighted by Gasteiger charge is -2.09. The fourth-order valence-corrected chi connectivity index (χ4v) is 2.09. The smallest absolute Gasteiger partial charge is 0.251 e. The lowest BCUT2D eigenvalue weighted by atomic mass is 10.2. The highest BCUT2D eigenvalue weighted by atomic mass is 35.5. The number of hydrogen-bond donors (Lipinski definition) is 2. The van der Waals surface area contributed by atoms with E-state index in [4.69, 9.17) is 11.6 Å². The van der Waals surface area contributed by atoms with Crippen LogP contribution in [-0.4, -0.2) is 18.4 Å². The van der Waals surface area contributed by atoms with E-state index >= 15 is 0 Å². The molecule has 0 aromatic heterocycles. The first kappa shape index (κ1) is 16.9. The molecule has 0 atom stereocenters. The van der Waals surface area contributed by atoms with Crippen molar-refractivity contribution < 1.29 is 18.4 Å². The lowest BCUT2D eigenvalue weighted by Crippen LogP contribution is -2.33. The van der Waals surface area contributed by atoms with Crippen LogP contribution in [0.25, 0.3) is 0 Å². The molecule has 0 heterocycles. The topological polar surface area (TPSA) is 58.2 Å². The quantitative estimate of drug-likeness (QED) is 0.898. The van der Waals surface area contributed by atoms with E-state index in [-0.39, 0.29) is 12.1 Å². The van der Waals surface area contributed by atoms with Gasteiger partial charge >= 0.3 is 0 Å². The van der Waals surface area contributed by atoms with Crippen LogP contribution in [0.2, 0.25) is 5.02 Å². The summed E-state index contributed by atoms with van der Waals surface area (Å²) in [7, 11) is 0. The van der Waals surface area contributed by atoms with Crippen LogP contribution in [0.5, 0.6) is 0 Å². The first-order valence-electron chi connectivity index (χ1n) is 6.66. The van der Waals surface area contributed by atoms with Crippen molar-refractivity contribution in [1.82, 2.24) is 5.32 Å². The second kappa shape index (κ2) is 7.19. The predicted octanol–water partition coefficient (Wildman–Crippen LogP) is 3.30. The van der Waals surface area contributed by atoms with Crippen LogP contribution in [0.1, 0.15) is 15.9 Å². The molecule has 0 fully saturated rings. The van der Waals surface area contributed by atoms with Crippen LogP contribution < -0.4 is 10.6 Å². The molecule has 0 bridgehead atoms. The highest BCUT2D eigenvalue weighted by Gasteiger charge is 2.11. The molecule has 2 N–H and O–H groups in total. The van der Waals surface area contributed by atoms with Gasteiger partial charge in [0.1, 0.15) is 0 Å². The molecule has 0 unspecified atom stereocenters. The van der Waals surface area contributed by atoms with Gasteiger partial charge in [-0.05, 0) is 48.9 Å². The third kappa shape index (κ3) is 4.50. The van der Waals surface area contributed by atoms with Crippen LogP contribution in [0.4, 0.5) is 14.5 Å². The van der Waals surface area contributed by atoms with Gasteiger partial charge in [-0.25, -0.2) is 8.78 Å². The lowest BCUT2D eigenvalue weighted by molar-refractivity contribution is -0.115. The zero-order valence-electron chi connectivity index (χ0n) is 12.1. The maximum Gasteiger partial charge on any atom is 0.251 e. The highest BCUT2D eigenvalue weighted by molar-refractivity contribution is 6.30. The molecule has 2 aromatic rings. The SMILES string of the molecule is Cc1cc(Cl)ccc1NC(=O)CNC(=O)c1ccc(F)c(F)c1. The summed E-state index contributed by atoms with van der Waals surface area (Å²) in [5, 5.41) is 5.50. The maximum absolute atomic E-state index is 13.1. The van der Waals surface area contributed by atoms with Crippen molar-refractivity contribution in [3.05, 3.63) is 64.2 Å². The van der Waals surface area contributed by atoms with Gasteiger partial charge in [0.15, 0.2) is 11.6 Å². The van der Waals surface area contributed by atoms with E-state index in [1.54, 1.807) is 25.1 Å². The van der Waals surface area contributed by atoms with Crippen LogP contribution >= 0.6 is 11.6 Å². The Morgan fingerprint density at radius 3 is 2.48 bits per heavy atom. The molecule has 0 saturated heterocycles. The van der Waals surface area contributed by atoms with Crippen LogP contribution in [0.15, 0.2) is 36.4 Å². The summed E-state index contributed by atoms with van der Waals surface area (Å²) in [6.45, 7) is 1.47. The van der Waals surface area contributed by atoms with Gasteiger partial charge in [-0.1, -0.05) is 11.6 Å². The average Bonchev–Trinajstić information content (AvgIpc) is 2.50. The average molecular weight is 339 g/mol. The fourth-order valence-electron chi connectivity index (χ4n) is 1.86. The van der Waals surface area contributed by atoms with Crippen molar-refractivity contribution in [2.45, 2.75) is 6.92 Å². The summed E-state index contributed by atoms with van der Waals surface area (Å²) < 4.78 is 25.9. The van der Waals surface area contributed by atoms with Gasteiger partial charge in [0.25, 0.3) is 5.91 Å². The van der Waals surface area contributed by atoms with Crippen molar-refractivity contribution in [3.63, 3.8) is 0 Å². The number of benzene rings is 2. The third-order valence-electron chi connectivity index (χ3n) is 3.05. The van der Waals surface area contributed by atoms with Crippen LogP contribution in [0, 0.1) is 18.6 Å².